The van der Waals surface area contributed by atoms with Crippen LogP contribution < -0.4 is 10.6 Å². The Kier molecular flexibility index (Phi) is 4.38. The highest BCUT2D eigenvalue weighted by Gasteiger charge is 2.36. The van der Waals surface area contributed by atoms with Gasteiger partial charge in [-0.1, -0.05) is 0 Å². The van der Waals surface area contributed by atoms with Crippen LogP contribution in [0, 0.1) is 0 Å². The number of halogens is 3. The van der Waals surface area contributed by atoms with Crippen LogP contribution in [-0.4, -0.2) is 35.5 Å². The highest BCUT2D eigenvalue weighted by atomic mass is 19.4. The summed E-state index contributed by atoms with van der Waals surface area (Å²) in [7, 11) is 0. The van der Waals surface area contributed by atoms with Crippen molar-refractivity contribution in [2.45, 2.75) is 43.9 Å². The molecule has 130 valence electrons. The fraction of sp³-hybridized carbons (Fsp3) is 0.500. The minimum absolute atomic E-state index is 0.155. The molecule has 0 bridgehead atoms. The molecule has 3 rings (SSSR count). The Hall–Kier alpha value is -2.25. The second kappa shape index (κ2) is 6.33. The van der Waals surface area contributed by atoms with Gasteiger partial charge in [-0.2, -0.15) is 13.2 Å². The molecule has 2 N–H and O–H groups in total. The molecule has 1 atom stereocenters. The zero-order chi connectivity index (χ0) is 17.3. The highest BCUT2D eigenvalue weighted by molar-refractivity contribution is 5.94. The third-order valence-corrected chi connectivity index (χ3v) is 4.20. The molecule has 2 aliphatic rings. The van der Waals surface area contributed by atoms with Crippen LogP contribution in [0.3, 0.4) is 0 Å². The molecule has 5 nitrogen and oxygen atoms in total. The average molecular weight is 341 g/mol. The molecule has 8 heteroatoms. The summed E-state index contributed by atoms with van der Waals surface area (Å²) in [5.74, 6) is -0.155. The number of hydrogen-bond acceptors (Lipinski definition) is 2. The Balaban J connectivity index is 1.62. The summed E-state index contributed by atoms with van der Waals surface area (Å²) in [5, 5.41) is 5.44. The Morgan fingerprint density at radius 2 is 1.75 bits per heavy atom. The molecular weight excluding hydrogens is 323 g/mol. The summed E-state index contributed by atoms with van der Waals surface area (Å²) in [5.41, 5.74) is -0.510. The van der Waals surface area contributed by atoms with Crippen LogP contribution >= 0.6 is 0 Å². The van der Waals surface area contributed by atoms with Crippen LogP contribution in [-0.2, 0) is 11.0 Å². The molecule has 1 aromatic rings. The zero-order valence-corrected chi connectivity index (χ0v) is 12.9. The summed E-state index contributed by atoms with van der Waals surface area (Å²) in [6.07, 6.45) is -1.15. The van der Waals surface area contributed by atoms with Crippen LogP contribution in [0.4, 0.5) is 23.7 Å². The van der Waals surface area contributed by atoms with Gasteiger partial charge in [-0.25, -0.2) is 4.79 Å². The fourth-order valence-corrected chi connectivity index (χ4v) is 2.75. The lowest BCUT2D eigenvalue weighted by atomic mass is 10.2. The van der Waals surface area contributed by atoms with E-state index < -0.39 is 23.8 Å². The lowest BCUT2D eigenvalue weighted by molar-refractivity contribution is -0.137. The first kappa shape index (κ1) is 16.6. The number of benzene rings is 1. The Morgan fingerprint density at radius 1 is 1.08 bits per heavy atom. The van der Waals surface area contributed by atoms with Crippen LogP contribution in [0.5, 0.6) is 0 Å². The van der Waals surface area contributed by atoms with Crippen molar-refractivity contribution in [2.75, 3.05) is 11.9 Å². The minimum Gasteiger partial charge on any atom is -0.352 e. The van der Waals surface area contributed by atoms with Gasteiger partial charge in [-0.05, 0) is 49.9 Å². The van der Waals surface area contributed by atoms with Crippen LogP contribution in [0.2, 0.25) is 0 Å². The second-order valence-electron chi connectivity index (χ2n) is 6.14. The van der Waals surface area contributed by atoms with E-state index >= 15 is 0 Å². The molecule has 1 saturated heterocycles. The first-order valence-corrected chi connectivity index (χ1v) is 7.90. The maximum Gasteiger partial charge on any atom is 0.416 e. The third-order valence-electron chi connectivity index (χ3n) is 4.20. The molecule has 1 heterocycles. The van der Waals surface area contributed by atoms with Crippen molar-refractivity contribution in [1.82, 2.24) is 10.2 Å². The monoisotopic (exact) mass is 341 g/mol. The lowest BCUT2D eigenvalue weighted by Crippen LogP contribution is -2.48. The molecule has 24 heavy (non-hydrogen) atoms. The SMILES string of the molecule is O=C(NC1CC1)[C@H]1CCCN1C(=O)Nc1ccc(C(F)(F)F)cc1. The molecule has 0 spiro atoms. The summed E-state index contributed by atoms with van der Waals surface area (Å²) in [4.78, 5) is 25.9. The van der Waals surface area contributed by atoms with E-state index in [1.165, 1.54) is 17.0 Å². The van der Waals surface area contributed by atoms with Gasteiger partial charge in [0.05, 0.1) is 5.56 Å². The molecule has 0 radical (unpaired) electrons. The highest BCUT2D eigenvalue weighted by Crippen LogP contribution is 2.30. The number of rotatable bonds is 3. The number of carbonyl (C=O) groups excluding carboxylic acids is 2. The van der Waals surface area contributed by atoms with Gasteiger partial charge in [0.1, 0.15) is 6.04 Å². The molecule has 0 unspecified atom stereocenters. The van der Waals surface area contributed by atoms with E-state index in [2.05, 4.69) is 10.6 Å². The maximum absolute atomic E-state index is 12.5. The number of nitrogens with zero attached hydrogens (tertiary/aromatic N) is 1. The predicted octanol–water partition coefficient (Wildman–Crippen LogP) is 2.98. The Labute approximate surface area is 137 Å². The topological polar surface area (TPSA) is 61.4 Å². The van der Waals surface area contributed by atoms with Gasteiger partial charge in [0.15, 0.2) is 0 Å². The average Bonchev–Trinajstić information content (AvgIpc) is 3.18. The fourth-order valence-electron chi connectivity index (χ4n) is 2.75. The van der Waals surface area contributed by atoms with Gasteiger partial charge in [-0.15, -0.1) is 0 Å². The van der Waals surface area contributed by atoms with E-state index in [1.54, 1.807) is 0 Å². The quantitative estimate of drug-likeness (QED) is 0.888. The normalized spacial score (nSPS) is 20.8. The van der Waals surface area contributed by atoms with E-state index in [1.807, 2.05) is 0 Å². The number of alkyl halides is 3. The van der Waals surface area contributed by atoms with E-state index in [0.717, 1.165) is 31.4 Å². The second-order valence-corrected chi connectivity index (χ2v) is 6.14. The summed E-state index contributed by atoms with van der Waals surface area (Å²) >= 11 is 0. The molecule has 1 saturated carbocycles. The van der Waals surface area contributed by atoms with E-state index in [0.29, 0.717) is 13.0 Å². The minimum atomic E-state index is -4.41. The van der Waals surface area contributed by atoms with Crippen LogP contribution in [0.15, 0.2) is 24.3 Å². The molecule has 1 aromatic carbocycles. The summed E-state index contributed by atoms with van der Waals surface area (Å²) < 4.78 is 37.6. The summed E-state index contributed by atoms with van der Waals surface area (Å²) in [6, 6.07) is 3.47. The largest absolute Gasteiger partial charge is 0.416 e. The number of anilines is 1. The number of nitrogens with one attached hydrogen (secondary N) is 2. The molecule has 0 aromatic heterocycles. The van der Waals surface area contributed by atoms with Crippen LogP contribution in [0.25, 0.3) is 0 Å². The van der Waals surface area contributed by atoms with Gasteiger partial charge in [0.2, 0.25) is 5.91 Å². The van der Waals surface area contributed by atoms with Crippen molar-refractivity contribution in [3.05, 3.63) is 29.8 Å². The number of hydrogen-bond donors (Lipinski definition) is 2. The first-order chi connectivity index (χ1) is 11.3. The van der Waals surface area contributed by atoms with Crippen molar-refractivity contribution < 1.29 is 22.8 Å². The van der Waals surface area contributed by atoms with E-state index in [9.17, 15) is 22.8 Å². The molecule has 1 aliphatic carbocycles. The number of amides is 3. The zero-order valence-electron chi connectivity index (χ0n) is 12.9. The van der Waals surface area contributed by atoms with Gasteiger partial charge >= 0.3 is 12.2 Å². The van der Waals surface area contributed by atoms with Crippen molar-refractivity contribution in [1.29, 1.82) is 0 Å². The Bertz CT molecular complexity index is 626. The number of carbonyl (C=O) groups is 2. The smallest absolute Gasteiger partial charge is 0.352 e. The molecule has 3 amide bonds. The molecular formula is C16H18F3N3O2. The maximum atomic E-state index is 12.5. The van der Waals surface area contributed by atoms with Crippen LogP contribution in [0.1, 0.15) is 31.2 Å². The molecule has 1 aliphatic heterocycles. The summed E-state index contributed by atoms with van der Waals surface area (Å²) in [6.45, 7) is 0.454. The van der Waals surface area contributed by atoms with Gasteiger partial charge in [-0.3, -0.25) is 4.79 Å². The standard InChI is InChI=1S/C16H18F3N3O2/c17-16(18,19)10-3-5-12(6-4-10)21-15(24)22-9-1-2-13(22)14(23)20-11-7-8-11/h3-6,11,13H,1-2,7-9H2,(H,20,23)(H,21,24)/t13-/m1/s1. The van der Waals surface area contributed by atoms with E-state index in [-0.39, 0.29) is 17.6 Å². The number of likely N-dealkylation sites (tertiary alicyclic amines) is 1. The van der Waals surface area contributed by atoms with Gasteiger partial charge in [0, 0.05) is 18.3 Å². The lowest BCUT2D eigenvalue weighted by Gasteiger charge is -2.24. The number of urea groups is 1. The first-order valence-electron chi connectivity index (χ1n) is 7.90. The van der Waals surface area contributed by atoms with Gasteiger partial charge in [0.25, 0.3) is 0 Å². The van der Waals surface area contributed by atoms with Crippen molar-refractivity contribution in [2.24, 2.45) is 0 Å². The molecule has 2 fully saturated rings. The van der Waals surface area contributed by atoms with Crippen molar-refractivity contribution in [3.8, 4) is 0 Å². The van der Waals surface area contributed by atoms with Crippen molar-refractivity contribution >= 4 is 17.6 Å². The predicted molar refractivity (Wildman–Crippen MR) is 81.4 cm³/mol. The third kappa shape index (κ3) is 3.80. The Morgan fingerprint density at radius 3 is 2.33 bits per heavy atom. The van der Waals surface area contributed by atoms with Gasteiger partial charge < -0.3 is 15.5 Å². The van der Waals surface area contributed by atoms with Crippen molar-refractivity contribution in [3.63, 3.8) is 0 Å². The van der Waals surface area contributed by atoms with E-state index in [4.69, 9.17) is 0 Å².